The summed E-state index contributed by atoms with van der Waals surface area (Å²) in [6, 6.07) is 10.4. The first kappa shape index (κ1) is 13.2. The van der Waals surface area contributed by atoms with Gasteiger partial charge in [-0.3, -0.25) is 11.3 Å². The second-order valence-electron chi connectivity index (χ2n) is 5.26. The number of ether oxygens (including phenoxy) is 1. The van der Waals surface area contributed by atoms with E-state index in [1.807, 2.05) is 25.1 Å². The zero-order valence-corrected chi connectivity index (χ0v) is 11.6. The van der Waals surface area contributed by atoms with Crippen LogP contribution >= 0.6 is 0 Å². The van der Waals surface area contributed by atoms with Crippen molar-refractivity contribution in [1.29, 1.82) is 0 Å². The van der Waals surface area contributed by atoms with Gasteiger partial charge in [-0.25, -0.2) is 0 Å². The van der Waals surface area contributed by atoms with Crippen LogP contribution < -0.4 is 16.0 Å². The number of rotatable bonds is 4. The quantitative estimate of drug-likeness (QED) is 0.663. The fourth-order valence-electron chi connectivity index (χ4n) is 2.99. The number of hydrogen-bond donors (Lipinski definition) is 2. The van der Waals surface area contributed by atoms with Gasteiger partial charge in [0.25, 0.3) is 0 Å². The number of hydrazine groups is 1. The van der Waals surface area contributed by atoms with E-state index in [0.717, 1.165) is 36.5 Å². The maximum absolute atomic E-state index is 5.75. The molecule has 3 N–H and O–H groups in total. The van der Waals surface area contributed by atoms with Crippen LogP contribution in [0.15, 0.2) is 41.0 Å². The number of nitrogens with one attached hydrogen (secondary N) is 1. The molecule has 2 unspecified atom stereocenters. The molecule has 0 radical (unpaired) electrons. The minimum Gasteiger partial charge on any atom is -0.493 e. The predicted octanol–water partition coefficient (Wildman–Crippen LogP) is 3.05. The Morgan fingerprint density at radius 3 is 2.95 bits per heavy atom. The van der Waals surface area contributed by atoms with Crippen molar-refractivity contribution >= 4 is 0 Å². The number of aryl methyl sites for hydroxylation is 1. The van der Waals surface area contributed by atoms with Crippen LogP contribution in [0.1, 0.15) is 41.7 Å². The number of benzene rings is 1. The molecule has 1 aliphatic rings. The van der Waals surface area contributed by atoms with Gasteiger partial charge in [-0.05, 0) is 43.4 Å². The highest BCUT2D eigenvalue weighted by molar-refractivity contribution is 5.38. The van der Waals surface area contributed by atoms with Crippen LogP contribution in [0, 0.1) is 6.92 Å². The largest absolute Gasteiger partial charge is 0.493 e. The SMILES string of the molecule is Cc1occc1C(CC1CCOc2ccccc21)NN. The van der Waals surface area contributed by atoms with E-state index in [4.69, 9.17) is 15.0 Å². The van der Waals surface area contributed by atoms with Gasteiger partial charge in [0.15, 0.2) is 0 Å². The fourth-order valence-corrected chi connectivity index (χ4v) is 2.99. The third-order valence-corrected chi connectivity index (χ3v) is 4.08. The number of fused-ring (bicyclic) bond motifs is 1. The lowest BCUT2D eigenvalue weighted by Crippen LogP contribution is -2.30. The van der Waals surface area contributed by atoms with E-state index in [1.54, 1.807) is 6.26 Å². The average molecular weight is 272 g/mol. The Balaban J connectivity index is 1.82. The maximum Gasteiger partial charge on any atom is 0.122 e. The molecule has 2 atom stereocenters. The molecule has 1 aromatic carbocycles. The van der Waals surface area contributed by atoms with E-state index in [2.05, 4.69) is 17.6 Å². The monoisotopic (exact) mass is 272 g/mol. The van der Waals surface area contributed by atoms with Gasteiger partial charge < -0.3 is 9.15 Å². The first-order valence-electron chi connectivity index (χ1n) is 7.01. The van der Waals surface area contributed by atoms with Gasteiger partial charge in [-0.1, -0.05) is 18.2 Å². The first-order valence-corrected chi connectivity index (χ1v) is 7.01. The smallest absolute Gasteiger partial charge is 0.122 e. The van der Waals surface area contributed by atoms with Crippen molar-refractivity contribution in [2.24, 2.45) is 5.84 Å². The minimum absolute atomic E-state index is 0.102. The lowest BCUT2D eigenvalue weighted by molar-refractivity contribution is 0.255. The van der Waals surface area contributed by atoms with Gasteiger partial charge in [0, 0.05) is 11.6 Å². The Bertz CT molecular complexity index is 579. The van der Waals surface area contributed by atoms with Crippen LogP contribution in [0.3, 0.4) is 0 Å². The molecule has 0 aliphatic carbocycles. The molecular formula is C16H20N2O2. The highest BCUT2D eigenvalue weighted by Gasteiger charge is 2.25. The molecule has 0 saturated heterocycles. The van der Waals surface area contributed by atoms with E-state index in [-0.39, 0.29) is 6.04 Å². The van der Waals surface area contributed by atoms with Gasteiger partial charge in [-0.2, -0.15) is 0 Å². The van der Waals surface area contributed by atoms with Crippen molar-refractivity contribution in [2.45, 2.75) is 31.7 Å². The summed E-state index contributed by atoms with van der Waals surface area (Å²) in [7, 11) is 0. The summed E-state index contributed by atoms with van der Waals surface area (Å²) in [6.07, 6.45) is 3.68. The molecule has 0 amide bonds. The molecule has 1 aliphatic heterocycles. The van der Waals surface area contributed by atoms with Gasteiger partial charge in [-0.15, -0.1) is 0 Å². The van der Waals surface area contributed by atoms with E-state index < -0.39 is 0 Å². The van der Waals surface area contributed by atoms with E-state index in [1.165, 1.54) is 5.56 Å². The minimum atomic E-state index is 0.102. The molecule has 1 aromatic heterocycles. The average Bonchev–Trinajstić information content (AvgIpc) is 2.91. The van der Waals surface area contributed by atoms with E-state index >= 15 is 0 Å². The lowest BCUT2D eigenvalue weighted by Gasteiger charge is -2.28. The van der Waals surface area contributed by atoms with Gasteiger partial charge >= 0.3 is 0 Å². The summed E-state index contributed by atoms with van der Waals surface area (Å²) >= 11 is 0. The Kier molecular flexibility index (Phi) is 3.76. The third kappa shape index (κ3) is 2.44. The molecule has 0 saturated carbocycles. The molecule has 0 bridgehead atoms. The molecule has 0 fully saturated rings. The molecule has 4 nitrogen and oxygen atoms in total. The molecule has 2 heterocycles. The summed E-state index contributed by atoms with van der Waals surface area (Å²) in [5.41, 5.74) is 5.34. The van der Waals surface area contributed by atoms with Crippen molar-refractivity contribution < 1.29 is 9.15 Å². The number of para-hydroxylation sites is 1. The van der Waals surface area contributed by atoms with E-state index in [9.17, 15) is 0 Å². The highest BCUT2D eigenvalue weighted by Crippen LogP contribution is 2.39. The zero-order valence-electron chi connectivity index (χ0n) is 11.6. The van der Waals surface area contributed by atoms with Gasteiger partial charge in [0.05, 0.1) is 12.9 Å². The number of hydrogen-bond acceptors (Lipinski definition) is 4. The lowest BCUT2D eigenvalue weighted by atomic mass is 9.86. The summed E-state index contributed by atoms with van der Waals surface area (Å²) in [5.74, 6) is 8.13. The van der Waals surface area contributed by atoms with Gasteiger partial charge in [0.2, 0.25) is 0 Å². The summed E-state index contributed by atoms with van der Waals surface area (Å²) in [4.78, 5) is 0. The van der Waals surface area contributed by atoms with Crippen molar-refractivity contribution in [3.63, 3.8) is 0 Å². The zero-order chi connectivity index (χ0) is 13.9. The molecule has 0 spiro atoms. The van der Waals surface area contributed by atoms with Crippen LogP contribution in [-0.4, -0.2) is 6.61 Å². The summed E-state index contributed by atoms with van der Waals surface area (Å²) in [5, 5.41) is 0. The Hall–Kier alpha value is -1.78. The predicted molar refractivity (Wildman–Crippen MR) is 77.4 cm³/mol. The maximum atomic E-state index is 5.75. The summed E-state index contributed by atoms with van der Waals surface area (Å²) < 4.78 is 11.1. The van der Waals surface area contributed by atoms with Crippen LogP contribution in [0.4, 0.5) is 0 Å². The molecule has 106 valence electrons. The molecule has 3 rings (SSSR count). The second-order valence-corrected chi connectivity index (χ2v) is 5.26. The van der Waals surface area contributed by atoms with Crippen LogP contribution in [0.25, 0.3) is 0 Å². The van der Waals surface area contributed by atoms with Crippen LogP contribution in [0.5, 0.6) is 5.75 Å². The van der Waals surface area contributed by atoms with Gasteiger partial charge in [0.1, 0.15) is 11.5 Å². The molecule has 2 aromatic rings. The van der Waals surface area contributed by atoms with Crippen molar-refractivity contribution in [3.8, 4) is 5.75 Å². The number of nitrogens with two attached hydrogens (primary N) is 1. The third-order valence-electron chi connectivity index (χ3n) is 4.08. The standard InChI is InChI=1S/C16H20N2O2/c1-11-13(7-9-19-11)15(18-17)10-12-6-8-20-16-5-3-2-4-14(12)16/h2-5,7,9,12,15,18H,6,8,10,17H2,1H3. The number of furan rings is 1. The van der Waals surface area contributed by atoms with Crippen molar-refractivity contribution in [2.75, 3.05) is 6.61 Å². The van der Waals surface area contributed by atoms with E-state index in [0.29, 0.717) is 5.92 Å². The first-order chi connectivity index (χ1) is 9.79. The Morgan fingerprint density at radius 1 is 1.35 bits per heavy atom. The van der Waals surface area contributed by atoms with Crippen molar-refractivity contribution in [1.82, 2.24) is 5.43 Å². The second kappa shape index (κ2) is 5.69. The molecule has 4 heteroatoms. The van der Waals surface area contributed by atoms with Crippen molar-refractivity contribution in [3.05, 3.63) is 53.5 Å². The highest BCUT2D eigenvalue weighted by atomic mass is 16.5. The fraction of sp³-hybridized carbons (Fsp3) is 0.375. The van der Waals surface area contributed by atoms with Crippen LogP contribution in [0.2, 0.25) is 0 Å². The Labute approximate surface area is 118 Å². The summed E-state index contributed by atoms with van der Waals surface area (Å²) in [6.45, 7) is 2.74. The normalized spacial score (nSPS) is 19.2. The Morgan fingerprint density at radius 2 is 2.20 bits per heavy atom. The molecular weight excluding hydrogens is 252 g/mol. The van der Waals surface area contributed by atoms with Crippen LogP contribution in [-0.2, 0) is 0 Å². The molecule has 20 heavy (non-hydrogen) atoms. The topological polar surface area (TPSA) is 60.4 Å².